The summed E-state index contributed by atoms with van der Waals surface area (Å²) in [5, 5.41) is 17.7. The number of benzene rings is 2. The molecular formula is C19H16ClN5O4. The average molecular weight is 414 g/mol. The van der Waals surface area contributed by atoms with Gasteiger partial charge in [-0.15, -0.1) is 0 Å². The molecule has 2 aromatic heterocycles. The minimum absolute atomic E-state index is 0.142. The monoisotopic (exact) mass is 413 g/mol. The Balaban J connectivity index is 1.82. The summed E-state index contributed by atoms with van der Waals surface area (Å²) >= 11 is 6.11. The second kappa shape index (κ2) is 7.53. The van der Waals surface area contributed by atoms with Gasteiger partial charge in [0.05, 0.1) is 35.3 Å². The van der Waals surface area contributed by atoms with Crippen LogP contribution in [0.3, 0.4) is 0 Å². The van der Waals surface area contributed by atoms with E-state index in [1.54, 1.807) is 36.4 Å². The summed E-state index contributed by atoms with van der Waals surface area (Å²) in [4.78, 5) is 32.0. The van der Waals surface area contributed by atoms with Crippen molar-refractivity contribution in [1.82, 2.24) is 20.2 Å². The van der Waals surface area contributed by atoms with Gasteiger partial charge >= 0.3 is 6.09 Å². The molecule has 0 radical (unpaired) electrons. The first-order chi connectivity index (χ1) is 14.0. The quantitative estimate of drug-likeness (QED) is 0.461. The van der Waals surface area contributed by atoms with Crippen molar-refractivity contribution < 1.29 is 14.6 Å². The number of imidazole rings is 1. The van der Waals surface area contributed by atoms with Crippen LogP contribution in [-0.4, -0.2) is 51.6 Å². The third-order valence-corrected chi connectivity index (χ3v) is 4.73. The Kier molecular flexibility index (Phi) is 4.91. The number of ether oxygens (including phenoxy) is 1. The van der Waals surface area contributed by atoms with E-state index in [0.717, 1.165) is 10.5 Å². The van der Waals surface area contributed by atoms with Gasteiger partial charge in [0.25, 0.3) is 5.56 Å². The van der Waals surface area contributed by atoms with Gasteiger partial charge in [0.2, 0.25) is 5.95 Å². The zero-order valence-electron chi connectivity index (χ0n) is 15.3. The molecule has 29 heavy (non-hydrogen) atoms. The number of aromatic amines is 2. The molecule has 0 aliphatic heterocycles. The van der Waals surface area contributed by atoms with Crippen LogP contribution in [0.1, 0.15) is 0 Å². The predicted octanol–water partition coefficient (Wildman–Crippen LogP) is 3.25. The van der Waals surface area contributed by atoms with Crippen molar-refractivity contribution in [3.05, 3.63) is 51.8 Å². The number of nitrogens with one attached hydrogen (secondary N) is 2. The van der Waals surface area contributed by atoms with Crippen molar-refractivity contribution in [3.8, 4) is 11.3 Å². The Morgan fingerprint density at radius 3 is 2.83 bits per heavy atom. The number of halogens is 1. The first-order valence-corrected chi connectivity index (χ1v) is 9.03. The van der Waals surface area contributed by atoms with Crippen LogP contribution in [0.25, 0.3) is 33.1 Å². The molecule has 2 heterocycles. The predicted molar refractivity (Wildman–Crippen MR) is 110 cm³/mol. The van der Waals surface area contributed by atoms with E-state index in [9.17, 15) is 14.7 Å². The number of anilines is 1. The number of carboxylic acid groups (broad SMARTS) is 1. The lowest BCUT2D eigenvalue weighted by Crippen LogP contribution is -2.33. The van der Waals surface area contributed by atoms with E-state index in [-0.39, 0.29) is 24.7 Å². The van der Waals surface area contributed by atoms with Crippen LogP contribution in [0.15, 0.2) is 41.2 Å². The molecule has 0 aliphatic carbocycles. The van der Waals surface area contributed by atoms with Gasteiger partial charge in [-0.3, -0.25) is 4.79 Å². The maximum atomic E-state index is 12.1. The third-order valence-electron chi connectivity index (χ3n) is 4.50. The number of methoxy groups -OCH3 is 1. The van der Waals surface area contributed by atoms with Crippen molar-refractivity contribution in [3.63, 3.8) is 0 Å². The number of H-pyrrole nitrogens is 2. The van der Waals surface area contributed by atoms with Crippen LogP contribution in [0, 0.1) is 0 Å². The summed E-state index contributed by atoms with van der Waals surface area (Å²) in [7, 11) is 1.50. The summed E-state index contributed by atoms with van der Waals surface area (Å²) in [6.07, 6.45) is -1.13. The molecule has 0 saturated carbocycles. The lowest BCUT2D eigenvalue weighted by Gasteiger charge is -2.14. The van der Waals surface area contributed by atoms with Gasteiger partial charge in [-0.2, -0.15) is 5.10 Å². The molecule has 9 nitrogen and oxygen atoms in total. The third kappa shape index (κ3) is 3.53. The number of hydrogen-bond acceptors (Lipinski definition) is 5. The van der Waals surface area contributed by atoms with Crippen LogP contribution in [0.5, 0.6) is 0 Å². The van der Waals surface area contributed by atoms with Crippen molar-refractivity contribution in [2.75, 3.05) is 25.2 Å². The number of fused-ring (bicyclic) bond motifs is 2. The molecular weight excluding hydrogens is 398 g/mol. The van der Waals surface area contributed by atoms with E-state index in [1.165, 1.54) is 7.11 Å². The first-order valence-electron chi connectivity index (χ1n) is 8.65. The van der Waals surface area contributed by atoms with Crippen molar-refractivity contribution in [2.24, 2.45) is 0 Å². The van der Waals surface area contributed by atoms with Crippen molar-refractivity contribution in [1.29, 1.82) is 0 Å². The van der Waals surface area contributed by atoms with Crippen molar-refractivity contribution in [2.45, 2.75) is 0 Å². The Morgan fingerprint density at radius 2 is 2.07 bits per heavy atom. The fraction of sp³-hybridized carbons (Fsp3) is 0.158. The highest BCUT2D eigenvalue weighted by molar-refractivity contribution is 6.31. The standard InChI is InChI=1S/C19H16ClN5O4/c1-29-7-6-25(19(27)28)18-21-14-5-2-10(8-15(14)22-18)16-13-9-11(20)3-4-12(13)17(26)24-23-16/h2-5,8-9H,6-7H2,1H3,(H,21,22)(H,24,26)(H,27,28). The number of aromatic nitrogens is 4. The van der Waals surface area contributed by atoms with Crippen LogP contribution >= 0.6 is 11.6 Å². The zero-order chi connectivity index (χ0) is 20.5. The maximum absolute atomic E-state index is 12.1. The van der Waals surface area contributed by atoms with Gasteiger partial charge in [-0.05, 0) is 30.3 Å². The number of amides is 1. The Morgan fingerprint density at radius 1 is 1.24 bits per heavy atom. The van der Waals surface area contributed by atoms with E-state index < -0.39 is 6.09 Å². The topological polar surface area (TPSA) is 124 Å². The maximum Gasteiger partial charge on any atom is 0.414 e. The lowest BCUT2D eigenvalue weighted by atomic mass is 10.0. The average Bonchev–Trinajstić information content (AvgIpc) is 3.11. The minimum atomic E-state index is -1.13. The molecule has 4 aromatic rings. The van der Waals surface area contributed by atoms with Gasteiger partial charge in [0.15, 0.2) is 0 Å². The second-order valence-corrected chi connectivity index (χ2v) is 6.75. The SMILES string of the molecule is COCCN(C(=O)O)c1nc2ccc(-c3n[nH]c(=O)c4ccc(Cl)cc34)cc2[nH]1. The smallest absolute Gasteiger partial charge is 0.414 e. The highest BCUT2D eigenvalue weighted by Crippen LogP contribution is 2.29. The molecule has 0 aliphatic rings. The normalized spacial score (nSPS) is 11.2. The molecule has 0 spiro atoms. The number of rotatable bonds is 5. The van der Waals surface area contributed by atoms with Crippen LogP contribution in [0.2, 0.25) is 5.02 Å². The van der Waals surface area contributed by atoms with Gasteiger partial charge in [-0.25, -0.2) is 19.8 Å². The van der Waals surface area contributed by atoms with Crippen molar-refractivity contribution >= 4 is 45.4 Å². The molecule has 0 saturated heterocycles. The lowest BCUT2D eigenvalue weighted by molar-refractivity contribution is 0.186. The molecule has 10 heteroatoms. The molecule has 0 unspecified atom stereocenters. The van der Waals surface area contributed by atoms with Gasteiger partial charge in [0.1, 0.15) is 0 Å². The van der Waals surface area contributed by atoms with E-state index >= 15 is 0 Å². The molecule has 0 bridgehead atoms. The summed E-state index contributed by atoms with van der Waals surface area (Å²) in [6, 6.07) is 10.3. The van der Waals surface area contributed by atoms with E-state index in [2.05, 4.69) is 20.2 Å². The summed E-state index contributed by atoms with van der Waals surface area (Å²) in [5.74, 6) is 0.198. The Bertz CT molecular complexity index is 1280. The molecule has 4 rings (SSSR count). The molecule has 1 amide bonds. The fourth-order valence-corrected chi connectivity index (χ4v) is 3.28. The summed E-state index contributed by atoms with van der Waals surface area (Å²) < 4.78 is 4.96. The summed E-state index contributed by atoms with van der Waals surface area (Å²) in [5.41, 5.74) is 2.19. The number of hydrogen-bond donors (Lipinski definition) is 3. The summed E-state index contributed by atoms with van der Waals surface area (Å²) in [6.45, 7) is 0.381. The first kappa shape index (κ1) is 18.9. The number of carbonyl (C=O) groups is 1. The molecule has 0 fully saturated rings. The fourth-order valence-electron chi connectivity index (χ4n) is 3.10. The zero-order valence-corrected chi connectivity index (χ0v) is 16.0. The van der Waals surface area contributed by atoms with E-state index in [0.29, 0.717) is 32.5 Å². The van der Waals surface area contributed by atoms with Crippen LogP contribution in [-0.2, 0) is 4.74 Å². The largest absolute Gasteiger partial charge is 0.465 e. The van der Waals surface area contributed by atoms with E-state index in [4.69, 9.17) is 16.3 Å². The molecule has 3 N–H and O–H groups in total. The minimum Gasteiger partial charge on any atom is -0.465 e. The molecule has 0 atom stereocenters. The second-order valence-electron chi connectivity index (χ2n) is 6.31. The van der Waals surface area contributed by atoms with Gasteiger partial charge in [-0.1, -0.05) is 17.7 Å². The highest BCUT2D eigenvalue weighted by atomic mass is 35.5. The Labute approximate surface area is 168 Å². The molecule has 2 aromatic carbocycles. The number of nitrogens with zero attached hydrogens (tertiary/aromatic N) is 3. The van der Waals surface area contributed by atoms with Crippen LogP contribution < -0.4 is 10.5 Å². The highest BCUT2D eigenvalue weighted by Gasteiger charge is 2.18. The van der Waals surface area contributed by atoms with E-state index in [1.807, 2.05) is 0 Å². The van der Waals surface area contributed by atoms with Gasteiger partial charge < -0.3 is 14.8 Å². The van der Waals surface area contributed by atoms with Crippen LogP contribution in [0.4, 0.5) is 10.7 Å². The van der Waals surface area contributed by atoms with Gasteiger partial charge in [0, 0.05) is 23.1 Å². The molecule has 148 valence electrons. The Hall–Kier alpha value is -3.43.